The first-order valence-electron chi connectivity index (χ1n) is 5.93. The highest BCUT2D eigenvalue weighted by Crippen LogP contribution is 2.26. The minimum absolute atomic E-state index is 0.0125. The Morgan fingerprint density at radius 2 is 1.94 bits per heavy atom. The Balaban J connectivity index is 2.76. The molecule has 1 aromatic heterocycles. The molecule has 0 aliphatic heterocycles. The number of nitrogens with two attached hydrogens (primary N) is 1. The Kier molecular flexibility index (Phi) is 4.71. The number of hydrogen-bond acceptors (Lipinski definition) is 3. The second-order valence-corrected chi connectivity index (χ2v) is 6.16. The standard InChI is InChI=1S/C13H22N2OS/c1-8(2)12(14)13(16)15(5)10(4)11-7-6-9(3)17-11/h6-8,10,12H,14H2,1-5H3/t10?,12-/m0/s1. The number of thiophene rings is 1. The number of nitrogens with zero attached hydrogens (tertiary/aromatic N) is 1. The summed E-state index contributed by atoms with van der Waals surface area (Å²) in [6.45, 7) is 8.05. The van der Waals surface area contributed by atoms with Gasteiger partial charge in [-0.3, -0.25) is 4.79 Å². The van der Waals surface area contributed by atoms with Crippen LogP contribution in [0.1, 0.15) is 36.6 Å². The highest BCUT2D eigenvalue weighted by Gasteiger charge is 2.25. The largest absolute Gasteiger partial charge is 0.337 e. The number of amides is 1. The minimum Gasteiger partial charge on any atom is -0.337 e. The molecule has 96 valence electrons. The van der Waals surface area contributed by atoms with E-state index < -0.39 is 6.04 Å². The molecular formula is C13H22N2OS. The van der Waals surface area contributed by atoms with Gasteiger partial charge in [0, 0.05) is 16.8 Å². The molecule has 1 heterocycles. The van der Waals surface area contributed by atoms with Gasteiger partial charge in [-0.25, -0.2) is 0 Å². The molecule has 0 radical (unpaired) electrons. The fourth-order valence-electron chi connectivity index (χ4n) is 1.58. The monoisotopic (exact) mass is 254 g/mol. The molecule has 1 amide bonds. The summed E-state index contributed by atoms with van der Waals surface area (Å²) in [5.41, 5.74) is 5.89. The highest BCUT2D eigenvalue weighted by molar-refractivity contribution is 7.12. The number of rotatable bonds is 4. The topological polar surface area (TPSA) is 46.3 Å². The lowest BCUT2D eigenvalue weighted by atomic mass is 10.0. The van der Waals surface area contributed by atoms with E-state index in [1.54, 1.807) is 16.2 Å². The zero-order valence-electron chi connectivity index (χ0n) is 11.2. The predicted octanol–water partition coefficient (Wildman–Crippen LogP) is 2.56. The number of carbonyl (C=O) groups is 1. The summed E-state index contributed by atoms with van der Waals surface area (Å²) in [6, 6.07) is 3.83. The van der Waals surface area contributed by atoms with Crippen LogP contribution in [0.4, 0.5) is 0 Å². The molecule has 0 spiro atoms. The molecule has 0 saturated heterocycles. The van der Waals surface area contributed by atoms with Gasteiger partial charge in [0.25, 0.3) is 0 Å². The molecule has 1 rings (SSSR count). The van der Waals surface area contributed by atoms with Crippen molar-refractivity contribution in [1.82, 2.24) is 4.90 Å². The Morgan fingerprint density at radius 1 is 1.35 bits per heavy atom. The minimum atomic E-state index is -0.413. The summed E-state index contributed by atoms with van der Waals surface area (Å²) < 4.78 is 0. The van der Waals surface area contributed by atoms with E-state index in [-0.39, 0.29) is 17.9 Å². The van der Waals surface area contributed by atoms with Crippen molar-refractivity contribution >= 4 is 17.2 Å². The van der Waals surface area contributed by atoms with Crippen molar-refractivity contribution in [3.8, 4) is 0 Å². The molecular weight excluding hydrogens is 232 g/mol. The van der Waals surface area contributed by atoms with Crippen molar-refractivity contribution in [2.45, 2.75) is 39.8 Å². The quantitative estimate of drug-likeness (QED) is 0.897. The summed E-state index contributed by atoms with van der Waals surface area (Å²) in [5, 5.41) is 0. The van der Waals surface area contributed by atoms with E-state index in [0.29, 0.717) is 0 Å². The van der Waals surface area contributed by atoms with E-state index in [1.165, 1.54) is 9.75 Å². The average Bonchev–Trinajstić information content (AvgIpc) is 2.71. The molecule has 2 atom stereocenters. The molecule has 17 heavy (non-hydrogen) atoms. The van der Waals surface area contributed by atoms with E-state index >= 15 is 0 Å². The van der Waals surface area contributed by atoms with Crippen LogP contribution in [0.15, 0.2) is 12.1 Å². The number of aryl methyl sites for hydroxylation is 1. The number of hydrogen-bond donors (Lipinski definition) is 1. The smallest absolute Gasteiger partial charge is 0.240 e. The average molecular weight is 254 g/mol. The van der Waals surface area contributed by atoms with Gasteiger partial charge >= 0.3 is 0 Å². The van der Waals surface area contributed by atoms with Gasteiger partial charge in [-0.05, 0) is 31.9 Å². The Morgan fingerprint density at radius 3 is 2.35 bits per heavy atom. The lowest BCUT2D eigenvalue weighted by Gasteiger charge is -2.28. The van der Waals surface area contributed by atoms with Crippen LogP contribution in [-0.4, -0.2) is 23.9 Å². The second-order valence-electron chi connectivity index (χ2n) is 4.84. The normalized spacial score (nSPS) is 14.8. The number of likely N-dealkylation sites (N-methyl/N-ethyl adjacent to an activating group) is 1. The van der Waals surface area contributed by atoms with Crippen molar-refractivity contribution in [1.29, 1.82) is 0 Å². The maximum absolute atomic E-state index is 12.1. The maximum Gasteiger partial charge on any atom is 0.240 e. The van der Waals surface area contributed by atoms with Crippen molar-refractivity contribution in [3.63, 3.8) is 0 Å². The first-order valence-corrected chi connectivity index (χ1v) is 6.74. The molecule has 2 N–H and O–H groups in total. The van der Waals surface area contributed by atoms with Crippen LogP contribution in [0.5, 0.6) is 0 Å². The maximum atomic E-state index is 12.1. The van der Waals surface area contributed by atoms with Gasteiger partial charge in [0.15, 0.2) is 0 Å². The molecule has 1 unspecified atom stereocenters. The Labute approximate surface area is 108 Å². The van der Waals surface area contributed by atoms with Gasteiger partial charge in [-0.15, -0.1) is 11.3 Å². The SMILES string of the molecule is Cc1ccc(C(C)N(C)C(=O)[C@@H](N)C(C)C)s1. The van der Waals surface area contributed by atoms with Crippen LogP contribution in [0, 0.1) is 12.8 Å². The van der Waals surface area contributed by atoms with Crippen LogP contribution < -0.4 is 5.73 Å². The van der Waals surface area contributed by atoms with E-state index in [0.717, 1.165) is 0 Å². The van der Waals surface area contributed by atoms with Gasteiger partial charge in [-0.1, -0.05) is 13.8 Å². The third kappa shape index (κ3) is 3.30. The van der Waals surface area contributed by atoms with Gasteiger partial charge in [-0.2, -0.15) is 0 Å². The van der Waals surface area contributed by atoms with Gasteiger partial charge in [0.2, 0.25) is 5.91 Å². The summed E-state index contributed by atoms with van der Waals surface area (Å²) in [7, 11) is 1.82. The van der Waals surface area contributed by atoms with E-state index in [2.05, 4.69) is 19.1 Å². The number of carbonyl (C=O) groups excluding carboxylic acids is 1. The van der Waals surface area contributed by atoms with Crippen molar-refractivity contribution < 1.29 is 4.79 Å². The van der Waals surface area contributed by atoms with Crippen molar-refractivity contribution in [3.05, 3.63) is 21.9 Å². The fourth-order valence-corrected chi connectivity index (χ4v) is 2.55. The van der Waals surface area contributed by atoms with Crippen LogP contribution in [0.3, 0.4) is 0 Å². The Bertz CT molecular complexity index is 387. The van der Waals surface area contributed by atoms with Crippen molar-refractivity contribution in [2.24, 2.45) is 11.7 Å². The van der Waals surface area contributed by atoms with E-state index in [4.69, 9.17) is 5.73 Å². The lowest BCUT2D eigenvalue weighted by molar-refractivity contribution is -0.134. The molecule has 0 aromatic carbocycles. The van der Waals surface area contributed by atoms with E-state index in [9.17, 15) is 4.79 Å². The molecule has 4 heteroatoms. The van der Waals surface area contributed by atoms with Crippen LogP contribution >= 0.6 is 11.3 Å². The zero-order valence-corrected chi connectivity index (χ0v) is 12.0. The molecule has 0 saturated carbocycles. The molecule has 1 aromatic rings. The lowest BCUT2D eigenvalue weighted by Crippen LogP contribution is -2.45. The summed E-state index contributed by atoms with van der Waals surface area (Å²) in [4.78, 5) is 16.3. The third-order valence-electron chi connectivity index (χ3n) is 3.10. The first-order chi connectivity index (χ1) is 7.84. The van der Waals surface area contributed by atoms with Crippen molar-refractivity contribution in [2.75, 3.05) is 7.05 Å². The Hall–Kier alpha value is -0.870. The third-order valence-corrected chi connectivity index (χ3v) is 4.28. The summed E-state index contributed by atoms with van der Waals surface area (Å²) in [6.07, 6.45) is 0. The highest BCUT2D eigenvalue weighted by atomic mass is 32.1. The second kappa shape index (κ2) is 5.65. The van der Waals surface area contributed by atoms with E-state index in [1.807, 2.05) is 27.8 Å². The van der Waals surface area contributed by atoms with Gasteiger partial charge in [0.1, 0.15) is 0 Å². The summed E-state index contributed by atoms with van der Waals surface area (Å²) >= 11 is 1.73. The molecule has 0 fully saturated rings. The molecule has 3 nitrogen and oxygen atoms in total. The first kappa shape index (κ1) is 14.2. The van der Waals surface area contributed by atoms with Gasteiger partial charge < -0.3 is 10.6 Å². The summed E-state index contributed by atoms with van der Waals surface area (Å²) in [5.74, 6) is 0.181. The van der Waals surface area contributed by atoms with Crippen LogP contribution in [0.25, 0.3) is 0 Å². The predicted molar refractivity (Wildman–Crippen MR) is 73.1 cm³/mol. The molecule has 0 aliphatic carbocycles. The van der Waals surface area contributed by atoms with Crippen LogP contribution in [0.2, 0.25) is 0 Å². The van der Waals surface area contributed by atoms with Gasteiger partial charge in [0.05, 0.1) is 12.1 Å². The molecule has 0 bridgehead atoms. The zero-order chi connectivity index (χ0) is 13.2. The fraction of sp³-hybridized carbons (Fsp3) is 0.615. The van der Waals surface area contributed by atoms with Crippen LogP contribution in [-0.2, 0) is 4.79 Å². The molecule has 0 aliphatic rings.